The molecular weight excluding hydrogens is 276 g/mol. The van der Waals surface area contributed by atoms with Crippen molar-refractivity contribution in [3.8, 4) is 11.5 Å². The SMILES string of the molecule is c1ccc2c(c1)OC[C](C1Sc3ccccc3S1)O2. The minimum absolute atomic E-state index is 0.283. The monoisotopic (exact) mass is 287 g/mol. The second kappa shape index (κ2) is 4.69. The fourth-order valence-electron chi connectivity index (χ4n) is 2.12. The summed E-state index contributed by atoms with van der Waals surface area (Å²) in [6.07, 6.45) is 0.991. The maximum atomic E-state index is 6.00. The van der Waals surface area contributed by atoms with Crippen molar-refractivity contribution in [2.24, 2.45) is 0 Å². The molecule has 0 saturated carbocycles. The number of ether oxygens (including phenoxy) is 2. The lowest BCUT2D eigenvalue weighted by Gasteiger charge is -2.27. The van der Waals surface area contributed by atoms with Crippen LogP contribution in [0.3, 0.4) is 0 Å². The first-order valence-corrected chi connectivity index (χ1v) is 7.84. The van der Waals surface area contributed by atoms with Crippen molar-refractivity contribution >= 4 is 23.5 Å². The van der Waals surface area contributed by atoms with E-state index in [0.717, 1.165) is 17.6 Å². The van der Waals surface area contributed by atoms with Crippen LogP contribution in [-0.2, 0) is 0 Å². The average molecular weight is 287 g/mol. The Morgan fingerprint density at radius 1 is 0.842 bits per heavy atom. The van der Waals surface area contributed by atoms with Gasteiger partial charge in [-0.2, -0.15) is 0 Å². The predicted molar refractivity (Wildman–Crippen MR) is 77.8 cm³/mol. The molecule has 2 aliphatic rings. The Bertz CT molecular complexity index is 590. The number of rotatable bonds is 1. The molecule has 19 heavy (non-hydrogen) atoms. The second-order valence-corrected chi connectivity index (χ2v) is 6.91. The molecule has 0 spiro atoms. The van der Waals surface area contributed by atoms with Gasteiger partial charge in [-0.05, 0) is 24.3 Å². The third kappa shape index (κ3) is 2.09. The maximum Gasteiger partial charge on any atom is 0.209 e. The summed E-state index contributed by atoms with van der Waals surface area (Å²) in [5.74, 6) is 1.65. The van der Waals surface area contributed by atoms with Gasteiger partial charge in [0.1, 0.15) is 11.2 Å². The molecule has 4 heteroatoms. The average Bonchev–Trinajstić information content (AvgIpc) is 2.90. The Kier molecular flexibility index (Phi) is 2.85. The molecule has 0 saturated heterocycles. The minimum atomic E-state index is 0.283. The van der Waals surface area contributed by atoms with Crippen LogP contribution in [0.25, 0.3) is 0 Å². The summed E-state index contributed by atoms with van der Waals surface area (Å²) in [5, 5.41) is 0. The summed E-state index contributed by atoms with van der Waals surface area (Å²) in [4.78, 5) is 2.65. The number of para-hydroxylation sites is 2. The molecule has 0 fully saturated rings. The molecule has 2 aliphatic heterocycles. The number of hydrogen-bond acceptors (Lipinski definition) is 4. The van der Waals surface area contributed by atoms with Crippen LogP contribution in [0.15, 0.2) is 58.3 Å². The fourth-order valence-corrected chi connectivity index (χ4v) is 4.86. The smallest absolute Gasteiger partial charge is 0.209 e. The molecule has 0 aromatic heterocycles. The molecule has 2 aromatic rings. The van der Waals surface area contributed by atoms with Crippen molar-refractivity contribution in [2.45, 2.75) is 14.4 Å². The second-order valence-electron chi connectivity index (χ2n) is 4.32. The number of hydrogen-bond donors (Lipinski definition) is 0. The summed E-state index contributed by atoms with van der Waals surface area (Å²) in [7, 11) is 0. The summed E-state index contributed by atoms with van der Waals surface area (Å²) in [5.41, 5.74) is 0. The van der Waals surface area contributed by atoms with Crippen molar-refractivity contribution in [3.05, 3.63) is 54.6 Å². The van der Waals surface area contributed by atoms with E-state index in [1.165, 1.54) is 9.79 Å². The minimum Gasteiger partial charge on any atom is -0.485 e. The van der Waals surface area contributed by atoms with Gasteiger partial charge in [-0.3, -0.25) is 0 Å². The molecule has 0 N–H and O–H groups in total. The van der Waals surface area contributed by atoms with E-state index in [1.54, 1.807) is 0 Å². The largest absolute Gasteiger partial charge is 0.485 e. The zero-order valence-corrected chi connectivity index (χ0v) is 11.7. The van der Waals surface area contributed by atoms with Gasteiger partial charge in [-0.1, -0.05) is 24.3 Å². The van der Waals surface area contributed by atoms with Crippen LogP contribution < -0.4 is 9.47 Å². The quantitative estimate of drug-likeness (QED) is 0.781. The first-order chi connectivity index (χ1) is 9.40. The summed E-state index contributed by atoms with van der Waals surface area (Å²) in [6, 6.07) is 16.3. The van der Waals surface area contributed by atoms with E-state index in [-0.39, 0.29) is 4.58 Å². The van der Waals surface area contributed by atoms with Crippen molar-refractivity contribution in [1.29, 1.82) is 0 Å². The Hall–Kier alpha value is -1.26. The van der Waals surface area contributed by atoms with E-state index in [0.29, 0.717) is 6.61 Å². The van der Waals surface area contributed by atoms with Crippen LogP contribution in [0.2, 0.25) is 0 Å². The highest BCUT2D eigenvalue weighted by molar-refractivity contribution is 8.19. The normalized spacial score (nSPS) is 18.3. The molecule has 1 radical (unpaired) electrons. The Morgan fingerprint density at radius 3 is 2.21 bits per heavy atom. The zero-order valence-electron chi connectivity index (χ0n) is 10.0. The molecule has 2 nitrogen and oxygen atoms in total. The van der Waals surface area contributed by atoms with Gasteiger partial charge in [0.15, 0.2) is 11.5 Å². The van der Waals surface area contributed by atoms with Crippen LogP contribution in [0.1, 0.15) is 0 Å². The van der Waals surface area contributed by atoms with Crippen molar-refractivity contribution in [2.75, 3.05) is 6.61 Å². The molecule has 0 atom stereocenters. The Balaban J connectivity index is 1.54. The molecule has 2 aromatic carbocycles. The van der Waals surface area contributed by atoms with Gasteiger partial charge < -0.3 is 9.47 Å². The van der Waals surface area contributed by atoms with Gasteiger partial charge in [-0.15, -0.1) is 23.5 Å². The van der Waals surface area contributed by atoms with Gasteiger partial charge in [0.05, 0.1) is 0 Å². The standard InChI is InChI=1S/C15H11O2S2/c1-2-6-11-10(5-1)16-9-12(17-11)15-18-13-7-3-4-8-14(13)19-15/h1-8,15H,9H2. The third-order valence-corrected chi connectivity index (χ3v) is 5.92. The van der Waals surface area contributed by atoms with Crippen molar-refractivity contribution in [3.63, 3.8) is 0 Å². The number of thioether (sulfide) groups is 2. The molecule has 0 amide bonds. The lowest BCUT2D eigenvalue weighted by molar-refractivity contribution is 0.178. The van der Waals surface area contributed by atoms with Crippen LogP contribution in [0.5, 0.6) is 11.5 Å². The van der Waals surface area contributed by atoms with Crippen molar-refractivity contribution in [1.82, 2.24) is 0 Å². The van der Waals surface area contributed by atoms with Gasteiger partial charge in [-0.25, -0.2) is 0 Å². The Labute approximate surface area is 120 Å². The summed E-state index contributed by atoms with van der Waals surface area (Å²) < 4.78 is 12.0. The van der Waals surface area contributed by atoms with E-state index in [2.05, 4.69) is 24.3 Å². The predicted octanol–water partition coefficient (Wildman–Crippen LogP) is 4.21. The highest BCUT2D eigenvalue weighted by Gasteiger charge is 2.36. The molecule has 0 unspecified atom stereocenters. The third-order valence-electron chi connectivity index (χ3n) is 3.04. The van der Waals surface area contributed by atoms with Gasteiger partial charge in [0.2, 0.25) is 6.10 Å². The fraction of sp³-hybridized carbons (Fsp3) is 0.133. The molecule has 0 aliphatic carbocycles. The topological polar surface area (TPSA) is 18.5 Å². The van der Waals surface area contributed by atoms with Gasteiger partial charge in [0, 0.05) is 9.79 Å². The van der Waals surface area contributed by atoms with Crippen LogP contribution in [0, 0.1) is 6.10 Å². The van der Waals surface area contributed by atoms with Crippen molar-refractivity contribution < 1.29 is 9.47 Å². The summed E-state index contributed by atoms with van der Waals surface area (Å²) >= 11 is 3.68. The van der Waals surface area contributed by atoms with E-state index in [9.17, 15) is 0 Å². The first kappa shape index (κ1) is 11.6. The molecular formula is C15H11O2S2. The van der Waals surface area contributed by atoms with E-state index in [4.69, 9.17) is 9.47 Å². The van der Waals surface area contributed by atoms with Crippen LogP contribution in [-0.4, -0.2) is 11.2 Å². The van der Waals surface area contributed by atoms with Crippen LogP contribution in [0.4, 0.5) is 0 Å². The molecule has 0 bridgehead atoms. The number of fused-ring (bicyclic) bond motifs is 2. The maximum absolute atomic E-state index is 6.00. The number of benzene rings is 2. The van der Waals surface area contributed by atoms with E-state index >= 15 is 0 Å². The zero-order chi connectivity index (χ0) is 12.7. The molecule has 2 heterocycles. The van der Waals surface area contributed by atoms with Gasteiger partial charge >= 0.3 is 0 Å². The Morgan fingerprint density at radius 2 is 1.47 bits per heavy atom. The molecule has 4 rings (SSSR count). The highest BCUT2D eigenvalue weighted by Crippen LogP contribution is 2.52. The van der Waals surface area contributed by atoms with E-state index in [1.807, 2.05) is 47.8 Å². The highest BCUT2D eigenvalue weighted by atomic mass is 32.2. The van der Waals surface area contributed by atoms with Crippen LogP contribution >= 0.6 is 23.5 Å². The van der Waals surface area contributed by atoms with E-state index < -0.39 is 0 Å². The lowest BCUT2D eigenvalue weighted by atomic mass is 10.3. The lowest BCUT2D eigenvalue weighted by Crippen LogP contribution is -2.27. The first-order valence-electron chi connectivity index (χ1n) is 6.08. The van der Waals surface area contributed by atoms with Gasteiger partial charge in [0.25, 0.3) is 0 Å². The molecule has 95 valence electrons. The summed E-state index contributed by atoms with van der Waals surface area (Å²) in [6.45, 7) is 0.537.